The van der Waals surface area contributed by atoms with Gasteiger partial charge in [-0.05, 0) is 49.5 Å². The topological polar surface area (TPSA) is 26.0 Å². The van der Waals surface area contributed by atoms with Crippen molar-refractivity contribution in [3.63, 3.8) is 0 Å². The highest BCUT2D eigenvalue weighted by atomic mass is 14.6. The molecule has 1 nitrogen and oxygen atoms in total. The third-order valence-corrected chi connectivity index (χ3v) is 4.76. The van der Waals surface area contributed by atoms with E-state index in [-0.39, 0.29) is 0 Å². The number of nitrogens with two attached hydrogens (primary N) is 1. The van der Waals surface area contributed by atoms with Gasteiger partial charge >= 0.3 is 0 Å². The lowest BCUT2D eigenvalue weighted by Crippen LogP contribution is -2.32. The molecule has 0 aromatic heterocycles. The van der Waals surface area contributed by atoms with E-state index in [0.29, 0.717) is 0 Å². The van der Waals surface area contributed by atoms with Crippen LogP contribution in [0.2, 0.25) is 0 Å². The molecule has 14 heavy (non-hydrogen) atoms. The first-order chi connectivity index (χ1) is 6.81. The Labute approximate surface area is 88.4 Å². The highest BCUT2D eigenvalue weighted by Crippen LogP contribution is 2.44. The van der Waals surface area contributed by atoms with Gasteiger partial charge in [-0.3, -0.25) is 0 Å². The zero-order valence-corrected chi connectivity index (χ0v) is 9.54. The predicted molar refractivity (Wildman–Crippen MR) is 61.0 cm³/mol. The van der Waals surface area contributed by atoms with Gasteiger partial charge in [0.05, 0.1) is 0 Å². The number of rotatable bonds is 2. The smallest absolute Gasteiger partial charge is 0.00489 e. The molecule has 82 valence electrons. The molecule has 0 aromatic rings. The van der Waals surface area contributed by atoms with Gasteiger partial charge in [-0.2, -0.15) is 0 Å². The number of hydrogen-bond acceptors (Lipinski definition) is 1. The van der Waals surface area contributed by atoms with E-state index >= 15 is 0 Å². The van der Waals surface area contributed by atoms with Crippen LogP contribution in [-0.2, 0) is 0 Å². The minimum absolute atomic E-state index is 0.762. The fraction of sp³-hybridized carbons (Fsp3) is 1.00. The summed E-state index contributed by atoms with van der Waals surface area (Å²) in [6.45, 7) is 3.23. The highest BCUT2D eigenvalue weighted by Gasteiger charge is 2.33. The van der Waals surface area contributed by atoms with Gasteiger partial charge in [0.15, 0.2) is 0 Å². The molecular weight excluding hydrogens is 170 g/mol. The van der Waals surface area contributed by atoms with Crippen molar-refractivity contribution in [3.05, 3.63) is 0 Å². The molecule has 0 heterocycles. The second-order valence-electron chi connectivity index (χ2n) is 5.59. The zero-order chi connectivity index (χ0) is 9.97. The van der Waals surface area contributed by atoms with Crippen LogP contribution in [0.15, 0.2) is 0 Å². The summed E-state index contributed by atoms with van der Waals surface area (Å²) in [4.78, 5) is 0. The molecule has 2 saturated carbocycles. The SMILES string of the molecule is CC(CN)C1CCC2CCCCC2C1. The summed E-state index contributed by atoms with van der Waals surface area (Å²) in [5.74, 6) is 3.86. The lowest BCUT2D eigenvalue weighted by atomic mass is 9.65. The third-order valence-electron chi connectivity index (χ3n) is 4.76. The first-order valence-electron chi connectivity index (χ1n) is 6.51. The Morgan fingerprint density at radius 3 is 2.50 bits per heavy atom. The van der Waals surface area contributed by atoms with Crippen LogP contribution in [0.3, 0.4) is 0 Å². The van der Waals surface area contributed by atoms with Crippen molar-refractivity contribution >= 4 is 0 Å². The van der Waals surface area contributed by atoms with Crippen LogP contribution in [0.25, 0.3) is 0 Å². The van der Waals surface area contributed by atoms with Gasteiger partial charge in [0, 0.05) is 0 Å². The van der Waals surface area contributed by atoms with Crippen molar-refractivity contribution in [1.29, 1.82) is 0 Å². The van der Waals surface area contributed by atoms with Crippen molar-refractivity contribution in [2.75, 3.05) is 6.54 Å². The van der Waals surface area contributed by atoms with E-state index in [0.717, 1.165) is 30.2 Å². The number of fused-ring (bicyclic) bond motifs is 1. The molecule has 4 atom stereocenters. The summed E-state index contributed by atoms with van der Waals surface area (Å²) in [6.07, 6.45) is 10.5. The second-order valence-corrected chi connectivity index (χ2v) is 5.59. The van der Waals surface area contributed by atoms with E-state index < -0.39 is 0 Å². The first kappa shape index (κ1) is 10.5. The van der Waals surface area contributed by atoms with Gasteiger partial charge in [-0.1, -0.05) is 32.6 Å². The Bertz CT molecular complexity index is 178. The summed E-state index contributed by atoms with van der Waals surface area (Å²) in [6, 6.07) is 0. The molecule has 2 aliphatic carbocycles. The fourth-order valence-corrected chi connectivity index (χ4v) is 3.62. The van der Waals surface area contributed by atoms with E-state index in [1.807, 2.05) is 0 Å². The van der Waals surface area contributed by atoms with E-state index in [1.165, 1.54) is 44.9 Å². The molecule has 0 bridgehead atoms. The zero-order valence-electron chi connectivity index (χ0n) is 9.54. The van der Waals surface area contributed by atoms with Crippen LogP contribution >= 0.6 is 0 Å². The van der Waals surface area contributed by atoms with E-state index in [2.05, 4.69) is 6.92 Å². The molecule has 2 aliphatic rings. The van der Waals surface area contributed by atoms with Gasteiger partial charge < -0.3 is 5.73 Å². The average Bonchev–Trinajstić information content (AvgIpc) is 2.27. The van der Waals surface area contributed by atoms with Crippen LogP contribution in [0.4, 0.5) is 0 Å². The summed E-state index contributed by atoms with van der Waals surface area (Å²) in [5, 5.41) is 0. The lowest BCUT2D eigenvalue weighted by Gasteiger charge is -2.41. The van der Waals surface area contributed by atoms with Crippen molar-refractivity contribution in [3.8, 4) is 0 Å². The van der Waals surface area contributed by atoms with Crippen LogP contribution in [0.5, 0.6) is 0 Å². The van der Waals surface area contributed by atoms with Crippen LogP contribution < -0.4 is 5.73 Å². The Kier molecular flexibility index (Phi) is 3.48. The molecule has 0 aromatic carbocycles. The molecule has 1 heteroatoms. The maximum atomic E-state index is 5.77. The minimum atomic E-state index is 0.762. The Morgan fingerprint density at radius 1 is 1.07 bits per heavy atom. The molecule has 0 amide bonds. The van der Waals surface area contributed by atoms with Gasteiger partial charge in [-0.15, -0.1) is 0 Å². The van der Waals surface area contributed by atoms with E-state index in [4.69, 9.17) is 5.73 Å². The van der Waals surface area contributed by atoms with Gasteiger partial charge in [-0.25, -0.2) is 0 Å². The Balaban J connectivity index is 1.89. The molecule has 0 spiro atoms. The third kappa shape index (κ3) is 2.13. The lowest BCUT2D eigenvalue weighted by molar-refractivity contribution is 0.106. The summed E-state index contributed by atoms with van der Waals surface area (Å²) in [7, 11) is 0. The maximum absolute atomic E-state index is 5.77. The van der Waals surface area contributed by atoms with Crippen molar-refractivity contribution in [2.24, 2.45) is 29.4 Å². The Hall–Kier alpha value is -0.0400. The van der Waals surface area contributed by atoms with Crippen LogP contribution in [0.1, 0.15) is 51.9 Å². The molecule has 2 fully saturated rings. The molecule has 0 saturated heterocycles. The largest absolute Gasteiger partial charge is 0.330 e. The van der Waals surface area contributed by atoms with Crippen molar-refractivity contribution < 1.29 is 0 Å². The second kappa shape index (κ2) is 4.65. The maximum Gasteiger partial charge on any atom is -0.00489 e. The molecule has 2 N–H and O–H groups in total. The fourth-order valence-electron chi connectivity index (χ4n) is 3.62. The minimum Gasteiger partial charge on any atom is -0.330 e. The summed E-state index contributed by atoms with van der Waals surface area (Å²) >= 11 is 0. The average molecular weight is 195 g/mol. The van der Waals surface area contributed by atoms with E-state index in [1.54, 1.807) is 0 Å². The van der Waals surface area contributed by atoms with Crippen LogP contribution in [0, 0.1) is 23.7 Å². The quantitative estimate of drug-likeness (QED) is 0.719. The Morgan fingerprint density at radius 2 is 1.79 bits per heavy atom. The predicted octanol–water partition coefficient (Wildman–Crippen LogP) is 3.19. The normalized spacial score (nSPS) is 40.3. The standard InChI is InChI=1S/C13H25N/c1-10(9-14)12-7-6-11-4-2-3-5-13(11)8-12/h10-13H,2-9,14H2,1H3. The molecule has 4 unspecified atom stereocenters. The van der Waals surface area contributed by atoms with Crippen LogP contribution in [-0.4, -0.2) is 6.54 Å². The highest BCUT2D eigenvalue weighted by molar-refractivity contribution is 4.84. The monoisotopic (exact) mass is 195 g/mol. The summed E-state index contributed by atoms with van der Waals surface area (Å²) in [5.41, 5.74) is 5.77. The van der Waals surface area contributed by atoms with Gasteiger partial charge in [0.1, 0.15) is 0 Å². The van der Waals surface area contributed by atoms with Crippen molar-refractivity contribution in [2.45, 2.75) is 51.9 Å². The van der Waals surface area contributed by atoms with Gasteiger partial charge in [0.2, 0.25) is 0 Å². The van der Waals surface area contributed by atoms with Gasteiger partial charge in [0.25, 0.3) is 0 Å². The first-order valence-corrected chi connectivity index (χ1v) is 6.51. The van der Waals surface area contributed by atoms with Crippen molar-refractivity contribution in [1.82, 2.24) is 0 Å². The molecule has 0 radical (unpaired) electrons. The number of hydrogen-bond donors (Lipinski definition) is 1. The molecular formula is C13H25N. The van der Waals surface area contributed by atoms with E-state index in [9.17, 15) is 0 Å². The molecule has 2 rings (SSSR count). The summed E-state index contributed by atoms with van der Waals surface area (Å²) < 4.78 is 0. The molecule has 0 aliphatic heterocycles.